The van der Waals surface area contributed by atoms with Crippen LogP contribution < -0.4 is 5.32 Å². The molecule has 0 aromatic heterocycles. The van der Waals surface area contributed by atoms with Crippen LogP contribution in [0, 0.1) is 0 Å². The second-order valence-electron chi connectivity index (χ2n) is 1.42. The van der Waals surface area contributed by atoms with Crippen molar-refractivity contribution < 1.29 is 23.7 Å². The Morgan fingerprint density at radius 2 is 2.08 bits per heavy atom. The molecule has 0 spiro atoms. The zero-order valence-corrected chi connectivity index (χ0v) is 8.09. The summed E-state index contributed by atoms with van der Waals surface area (Å²) in [5.41, 5.74) is 0. The third-order valence-electron chi connectivity index (χ3n) is 0.454. The van der Waals surface area contributed by atoms with Gasteiger partial charge < -0.3 is 15.1 Å². The number of hydrogen-bond donors (Lipinski definition) is 3. The Bertz CT molecular complexity index is 148. The van der Waals surface area contributed by atoms with Crippen LogP contribution in [0.5, 0.6) is 0 Å². The van der Waals surface area contributed by atoms with E-state index in [0.717, 1.165) is 0 Å². The highest BCUT2D eigenvalue weighted by molar-refractivity contribution is 7.46. The van der Waals surface area contributed by atoms with Crippen molar-refractivity contribution in [2.45, 2.75) is 0 Å². The lowest BCUT2D eigenvalue weighted by Crippen LogP contribution is -1.98. The smallest absolute Gasteiger partial charge is 0.362 e. The third-order valence-corrected chi connectivity index (χ3v) is 1.13. The van der Waals surface area contributed by atoms with E-state index in [0.29, 0.717) is 6.41 Å². The Morgan fingerprint density at radius 3 is 2.17 bits per heavy atom. The molecule has 0 aromatic rings. The number of carbonyl (C=O) groups is 1. The maximum atomic E-state index is 9.80. The summed E-state index contributed by atoms with van der Waals surface area (Å²) in [5, 5.41) is 2.25. The summed E-state index contributed by atoms with van der Waals surface area (Å²) in [5.74, 6) is 0.0884. The molecule has 0 rings (SSSR count). The van der Waals surface area contributed by atoms with Crippen molar-refractivity contribution in [3.63, 3.8) is 0 Å². The highest BCUT2D eigenvalue weighted by Crippen LogP contribution is 2.35. The summed E-state index contributed by atoms with van der Waals surface area (Å²) < 4.78 is 13.7. The van der Waals surface area contributed by atoms with Crippen LogP contribution in [0.15, 0.2) is 0 Å². The second kappa shape index (κ2) is 8.96. The first-order chi connectivity index (χ1) is 5.47. The molecule has 74 valence electrons. The molecule has 8 heteroatoms. The molecule has 0 unspecified atom stereocenters. The highest BCUT2D eigenvalue weighted by Gasteiger charge is 2.11. The van der Waals surface area contributed by atoms with Gasteiger partial charge in [-0.15, -0.1) is 11.6 Å². The van der Waals surface area contributed by atoms with Gasteiger partial charge in [0.15, 0.2) is 0 Å². The topological polar surface area (TPSA) is 95.9 Å². The predicted octanol–water partition coefficient (Wildman–Crippen LogP) is -0.303. The minimum absolute atomic E-state index is 0.0884. The van der Waals surface area contributed by atoms with Crippen LogP contribution in [0.3, 0.4) is 0 Å². The SMILES string of the molecule is CNC=O.O=P(O)(O)OCCCl. The lowest BCUT2D eigenvalue weighted by molar-refractivity contribution is -0.109. The molecule has 3 N–H and O–H groups in total. The number of amides is 1. The van der Waals surface area contributed by atoms with Gasteiger partial charge >= 0.3 is 7.82 Å². The lowest BCUT2D eigenvalue weighted by Gasteiger charge is -1.99. The molecule has 0 heterocycles. The number of halogens is 1. The summed E-state index contributed by atoms with van der Waals surface area (Å²) in [7, 11) is -2.70. The number of phosphoric ester groups is 1. The zero-order chi connectivity index (χ0) is 10.0. The van der Waals surface area contributed by atoms with Gasteiger partial charge in [-0.05, 0) is 0 Å². The maximum Gasteiger partial charge on any atom is 0.469 e. The summed E-state index contributed by atoms with van der Waals surface area (Å²) in [4.78, 5) is 25.0. The molecule has 0 aromatic carbocycles. The van der Waals surface area contributed by atoms with Crippen LogP contribution in [0.2, 0.25) is 0 Å². The van der Waals surface area contributed by atoms with Crippen molar-refractivity contribution in [2.24, 2.45) is 0 Å². The Kier molecular flexibility index (Phi) is 10.8. The molecule has 0 bridgehead atoms. The van der Waals surface area contributed by atoms with E-state index in [1.807, 2.05) is 0 Å². The van der Waals surface area contributed by atoms with Crippen molar-refractivity contribution in [3.8, 4) is 0 Å². The van der Waals surface area contributed by atoms with Crippen molar-refractivity contribution in [3.05, 3.63) is 0 Å². The van der Waals surface area contributed by atoms with Crippen LogP contribution >= 0.6 is 19.4 Å². The van der Waals surface area contributed by atoms with E-state index >= 15 is 0 Å². The first-order valence-electron chi connectivity index (χ1n) is 2.85. The average molecular weight is 220 g/mol. The van der Waals surface area contributed by atoms with Crippen molar-refractivity contribution in [1.82, 2.24) is 5.32 Å². The van der Waals surface area contributed by atoms with Crippen LogP contribution in [-0.4, -0.2) is 35.7 Å². The molecular weight excluding hydrogens is 208 g/mol. The van der Waals surface area contributed by atoms with E-state index in [4.69, 9.17) is 26.2 Å². The quantitative estimate of drug-likeness (QED) is 0.343. The van der Waals surface area contributed by atoms with E-state index in [1.54, 1.807) is 7.05 Å². The minimum Gasteiger partial charge on any atom is -0.362 e. The molecule has 6 nitrogen and oxygen atoms in total. The molecule has 0 aliphatic rings. The largest absolute Gasteiger partial charge is 0.469 e. The minimum atomic E-state index is -4.27. The monoisotopic (exact) mass is 219 g/mol. The summed E-state index contributed by atoms with van der Waals surface area (Å²) in [6, 6.07) is 0. The molecule has 0 fully saturated rings. The first kappa shape index (κ1) is 14.4. The number of nitrogens with one attached hydrogen (secondary N) is 1. The Labute approximate surface area is 75.1 Å². The lowest BCUT2D eigenvalue weighted by atomic mass is 10.9. The van der Waals surface area contributed by atoms with E-state index in [-0.39, 0.29) is 12.5 Å². The number of rotatable bonds is 4. The molecule has 0 radical (unpaired) electrons. The van der Waals surface area contributed by atoms with Gasteiger partial charge in [-0.2, -0.15) is 0 Å². The Balaban J connectivity index is 0. The van der Waals surface area contributed by atoms with E-state index in [9.17, 15) is 4.57 Å². The van der Waals surface area contributed by atoms with Crippen LogP contribution in [-0.2, 0) is 13.9 Å². The number of alkyl halides is 1. The van der Waals surface area contributed by atoms with Gasteiger partial charge in [-0.25, -0.2) is 4.57 Å². The van der Waals surface area contributed by atoms with Crippen LogP contribution in [0.1, 0.15) is 0 Å². The fourth-order valence-corrected chi connectivity index (χ4v) is 0.667. The van der Waals surface area contributed by atoms with Crippen molar-refractivity contribution in [1.29, 1.82) is 0 Å². The number of phosphoric acid groups is 1. The molecular formula is C4H11ClNO5P. The van der Waals surface area contributed by atoms with Gasteiger partial charge in [-0.3, -0.25) is 9.32 Å². The third kappa shape index (κ3) is 22.5. The Morgan fingerprint density at radius 1 is 1.67 bits per heavy atom. The highest BCUT2D eigenvalue weighted by atomic mass is 35.5. The molecule has 0 atom stereocenters. The van der Waals surface area contributed by atoms with Gasteiger partial charge in [0.25, 0.3) is 0 Å². The first-order valence-corrected chi connectivity index (χ1v) is 4.91. The van der Waals surface area contributed by atoms with Gasteiger partial charge in [0, 0.05) is 12.9 Å². The summed E-state index contributed by atoms with van der Waals surface area (Å²) in [6.45, 7) is -0.119. The fraction of sp³-hybridized carbons (Fsp3) is 0.750. The van der Waals surface area contributed by atoms with Gasteiger partial charge in [-0.1, -0.05) is 0 Å². The van der Waals surface area contributed by atoms with Crippen LogP contribution in [0.25, 0.3) is 0 Å². The van der Waals surface area contributed by atoms with E-state index < -0.39 is 7.82 Å². The average Bonchev–Trinajstić information content (AvgIpc) is 2.00. The molecule has 0 saturated heterocycles. The zero-order valence-electron chi connectivity index (χ0n) is 6.44. The normalized spacial score (nSPS) is 9.67. The standard InChI is InChI=1S/C2H6ClO4P.C2H5NO/c3-1-2-7-8(4,5)6;1-3-2-4/h1-2H2,(H2,4,5,6);2H,1H3,(H,3,4). The van der Waals surface area contributed by atoms with Gasteiger partial charge in [0.05, 0.1) is 6.61 Å². The summed E-state index contributed by atoms with van der Waals surface area (Å²) >= 11 is 5.04. The Hall–Kier alpha value is -0.130. The fourth-order valence-electron chi connectivity index (χ4n) is 0.153. The van der Waals surface area contributed by atoms with Crippen LogP contribution in [0.4, 0.5) is 0 Å². The molecule has 0 aliphatic carbocycles. The van der Waals surface area contributed by atoms with Gasteiger partial charge in [0.2, 0.25) is 6.41 Å². The van der Waals surface area contributed by atoms with Crippen molar-refractivity contribution >= 4 is 25.8 Å². The predicted molar refractivity (Wildman–Crippen MR) is 43.8 cm³/mol. The number of carbonyl (C=O) groups excluding carboxylic acids is 1. The number of hydrogen-bond acceptors (Lipinski definition) is 3. The van der Waals surface area contributed by atoms with Gasteiger partial charge in [0.1, 0.15) is 0 Å². The van der Waals surface area contributed by atoms with E-state index in [2.05, 4.69) is 9.84 Å². The second-order valence-corrected chi connectivity index (χ2v) is 3.04. The molecule has 0 saturated carbocycles. The summed E-state index contributed by atoms with van der Waals surface area (Å²) in [6.07, 6.45) is 0.625. The van der Waals surface area contributed by atoms with Crippen molar-refractivity contribution in [2.75, 3.05) is 19.5 Å². The molecule has 12 heavy (non-hydrogen) atoms. The molecule has 1 amide bonds. The molecule has 0 aliphatic heterocycles. The van der Waals surface area contributed by atoms with E-state index in [1.165, 1.54) is 0 Å². The maximum absolute atomic E-state index is 9.80.